The Bertz CT molecular complexity index is 333. The summed E-state index contributed by atoms with van der Waals surface area (Å²) in [5.41, 5.74) is 1.25. The third kappa shape index (κ3) is 5.09. The molecule has 1 atom stereocenters. The van der Waals surface area contributed by atoms with Crippen molar-refractivity contribution in [2.24, 2.45) is 0 Å². The van der Waals surface area contributed by atoms with Gasteiger partial charge < -0.3 is 5.32 Å². The predicted molar refractivity (Wildman–Crippen MR) is 78.5 cm³/mol. The number of benzene rings is 1. The Morgan fingerprint density at radius 3 is 2.88 bits per heavy atom. The Balaban J connectivity index is 2.42. The lowest BCUT2D eigenvalue weighted by atomic mass is 10.2. The maximum absolute atomic E-state index is 5.89. The topological polar surface area (TPSA) is 12.0 Å². The van der Waals surface area contributed by atoms with E-state index in [0.717, 1.165) is 21.8 Å². The van der Waals surface area contributed by atoms with E-state index in [1.54, 1.807) is 0 Å². The van der Waals surface area contributed by atoms with Crippen LogP contribution >= 0.6 is 39.3 Å². The number of nitrogens with one attached hydrogen (secondary N) is 1. The SMILES string of the molecule is CCSCC(C)NCc1ccc(Cl)cc1Br. The van der Waals surface area contributed by atoms with Crippen LogP contribution in [0.15, 0.2) is 22.7 Å². The highest BCUT2D eigenvalue weighted by Gasteiger charge is 2.04. The molecule has 1 aromatic rings. The van der Waals surface area contributed by atoms with E-state index < -0.39 is 0 Å². The molecule has 4 heteroatoms. The first-order valence-electron chi connectivity index (χ1n) is 5.38. The third-order valence-corrected chi connectivity index (χ3v) is 4.35. The van der Waals surface area contributed by atoms with Crippen molar-refractivity contribution in [2.75, 3.05) is 11.5 Å². The van der Waals surface area contributed by atoms with Gasteiger partial charge in [0.15, 0.2) is 0 Å². The van der Waals surface area contributed by atoms with Crippen molar-refractivity contribution >= 4 is 39.3 Å². The van der Waals surface area contributed by atoms with Crippen LogP contribution in [0.3, 0.4) is 0 Å². The highest BCUT2D eigenvalue weighted by molar-refractivity contribution is 9.10. The molecule has 16 heavy (non-hydrogen) atoms. The van der Waals surface area contributed by atoms with E-state index in [4.69, 9.17) is 11.6 Å². The smallest absolute Gasteiger partial charge is 0.0417 e. The lowest BCUT2D eigenvalue weighted by molar-refractivity contribution is 0.595. The van der Waals surface area contributed by atoms with Gasteiger partial charge >= 0.3 is 0 Å². The molecule has 0 aliphatic heterocycles. The fourth-order valence-electron chi connectivity index (χ4n) is 1.30. The summed E-state index contributed by atoms with van der Waals surface area (Å²) in [6.45, 7) is 5.28. The molecule has 0 bridgehead atoms. The standard InChI is InChI=1S/C12H17BrClNS/c1-3-16-8-9(2)15-7-10-4-5-11(14)6-12(10)13/h4-6,9,15H,3,7-8H2,1-2H3. The molecule has 90 valence electrons. The molecule has 1 aromatic carbocycles. The molecule has 0 radical (unpaired) electrons. The van der Waals surface area contributed by atoms with Crippen LogP contribution in [0.2, 0.25) is 5.02 Å². The molecule has 1 unspecified atom stereocenters. The zero-order chi connectivity index (χ0) is 12.0. The van der Waals surface area contributed by atoms with Crippen molar-refractivity contribution in [1.29, 1.82) is 0 Å². The van der Waals surface area contributed by atoms with Gasteiger partial charge in [0.05, 0.1) is 0 Å². The van der Waals surface area contributed by atoms with Crippen LogP contribution in [0, 0.1) is 0 Å². The molecule has 0 amide bonds. The normalized spacial score (nSPS) is 12.8. The van der Waals surface area contributed by atoms with E-state index >= 15 is 0 Å². The summed E-state index contributed by atoms with van der Waals surface area (Å²) in [5, 5.41) is 4.27. The largest absolute Gasteiger partial charge is 0.309 e. The maximum atomic E-state index is 5.89. The van der Waals surface area contributed by atoms with Gasteiger partial charge in [-0.15, -0.1) is 0 Å². The summed E-state index contributed by atoms with van der Waals surface area (Å²) < 4.78 is 1.07. The molecule has 0 saturated heterocycles. The second-order valence-electron chi connectivity index (χ2n) is 3.68. The number of rotatable bonds is 6. The Labute approximate surface area is 115 Å². The maximum Gasteiger partial charge on any atom is 0.0417 e. The average Bonchev–Trinajstić information content (AvgIpc) is 2.25. The predicted octanol–water partition coefficient (Wildman–Crippen LogP) is 4.33. The quantitative estimate of drug-likeness (QED) is 0.836. The number of thioether (sulfide) groups is 1. The molecule has 0 spiro atoms. The molecule has 0 fully saturated rings. The van der Waals surface area contributed by atoms with Gasteiger partial charge in [-0.3, -0.25) is 0 Å². The van der Waals surface area contributed by atoms with Crippen LogP contribution in [0.1, 0.15) is 19.4 Å². The van der Waals surface area contributed by atoms with Crippen LogP contribution in [-0.4, -0.2) is 17.5 Å². The molecule has 0 saturated carbocycles. The zero-order valence-electron chi connectivity index (χ0n) is 9.59. The number of hydrogen-bond acceptors (Lipinski definition) is 2. The summed E-state index contributed by atoms with van der Waals surface area (Å²) >= 11 is 11.4. The molecule has 0 aromatic heterocycles. The van der Waals surface area contributed by atoms with Gasteiger partial charge in [0.1, 0.15) is 0 Å². The van der Waals surface area contributed by atoms with E-state index in [-0.39, 0.29) is 0 Å². The van der Waals surface area contributed by atoms with Gasteiger partial charge in [-0.2, -0.15) is 11.8 Å². The summed E-state index contributed by atoms with van der Waals surface area (Å²) in [4.78, 5) is 0. The van der Waals surface area contributed by atoms with Crippen molar-refractivity contribution in [3.63, 3.8) is 0 Å². The van der Waals surface area contributed by atoms with Crippen molar-refractivity contribution in [1.82, 2.24) is 5.32 Å². The van der Waals surface area contributed by atoms with E-state index in [1.165, 1.54) is 11.3 Å². The van der Waals surface area contributed by atoms with Gasteiger partial charge in [-0.1, -0.05) is 40.5 Å². The lowest BCUT2D eigenvalue weighted by Crippen LogP contribution is -2.27. The molecule has 0 aliphatic rings. The molecule has 0 aliphatic carbocycles. The molecule has 1 nitrogen and oxygen atoms in total. The van der Waals surface area contributed by atoms with Crippen molar-refractivity contribution in [3.8, 4) is 0 Å². The first kappa shape index (κ1) is 14.4. The molecule has 1 N–H and O–H groups in total. The van der Waals surface area contributed by atoms with Crippen molar-refractivity contribution < 1.29 is 0 Å². The first-order valence-corrected chi connectivity index (χ1v) is 7.71. The van der Waals surface area contributed by atoms with Crippen LogP contribution in [0.5, 0.6) is 0 Å². The van der Waals surface area contributed by atoms with E-state index in [1.807, 2.05) is 23.9 Å². The van der Waals surface area contributed by atoms with E-state index in [9.17, 15) is 0 Å². The lowest BCUT2D eigenvalue weighted by Gasteiger charge is -2.13. The van der Waals surface area contributed by atoms with Gasteiger partial charge in [0.25, 0.3) is 0 Å². The minimum atomic E-state index is 0.535. The van der Waals surface area contributed by atoms with Crippen molar-refractivity contribution in [3.05, 3.63) is 33.3 Å². The Morgan fingerprint density at radius 1 is 1.50 bits per heavy atom. The minimum absolute atomic E-state index is 0.535. The highest BCUT2D eigenvalue weighted by atomic mass is 79.9. The zero-order valence-corrected chi connectivity index (χ0v) is 12.8. The fraction of sp³-hybridized carbons (Fsp3) is 0.500. The summed E-state index contributed by atoms with van der Waals surface area (Å²) in [7, 11) is 0. The highest BCUT2D eigenvalue weighted by Crippen LogP contribution is 2.21. The van der Waals surface area contributed by atoms with Gasteiger partial charge in [-0.05, 0) is 30.4 Å². The van der Waals surface area contributed by atoms with E-state index in [2.05, 4.69) is 41.2 Å². The Hall–Kier alpha value is 0.300. The van der Waals surface area contributed by atoms with E-state index in [0.29, 0.717) is 6.04 Å². The Morgan fingerprint density at radius 2 is 2.25 bits per heavy atom. The van der Waals surface area contributed by atoms with Crippen LogP contribution in [0.25, 0.3) is 0 Å². The number of halogens is 2. The molecular formula is C12H17BrClNS. The molecule has 1 rings (SSSR count). The minimum Gasteiger partial charge on any atom is -0.309 e. The summed E-state index contributed by atoms with van der Waals surface area (Å²) in [6.07, 6.45) is 0. The average molecular weight is 323 g/mol. The second-order valence-corrected chi connectivity index (χ2v) is 6.29. The number of hydrogen-bond donors (Lipinski definition) is 1. The fourth-order valence-corrected chi connectivity index (χ4v) is 2.83. The van der Waals surface area contributed by atoms with Gasteiger partial charge in [0, 0.05) is 27.8 Å². The summed E-state index contributed by atoms with van der Waals surface area (Å²) in [5.74, 6) is 2.33. The monoisotopic (exact) mass is 321 g/mol. The van der Waals surface area contributed by atoms with Crippen LogP contribution in [-0.2, 0) is 6.54 Å². The van der Waals surface area contributed by atoms with Crippen LogP contribution in [0.4, 0.5) is 0 Å². The first-order chi connectivity index (χ1) is 7.63. The van der Waals surface area contributed by atoms with Gasteiger partial charge in [-0.25, -0.2) is 0 Å². The molecule has 0 heterocycles. The van der Waals surface area contributed by atoms with Gasteiger partial charge in [0.2, 0.25) is 0 Å². The van der Waals surface area contributed by atoms with Crippen molar-refractivity contribution in [2.45, 2.75) is 26.4 Å². The Kier molecular flexibility index (Phi) is 6.81. The summed E-state index contributed by atoms with van der Waals surface area (Å²) in [6, 6.07) is 6.45. The molecular weight excluding hydrogens is 306 g/mol. The van der Waals surface area contributed by atoms with Crippen LogP contribution < -0.4 is 5.32 Å². The second kappa shape index (κ2) is 7.59. The third-order valence-electron chi connectivity index (χ3n) is 2.23.